The molecule has 0 aromatic carbocycles. The molecule has 0 aromatic heterocycles. The Labute approximate surface area is 101 Å². The van der Waals surface area contributed by atoms with E-state index in [0.29, 0.717) is 12.8 Å². The van der Waals surface area contributed by atoms with E-state index in [2.05, 4.69) is 17.6 Å². The second-order valence-corrected chi connectivity index (χ2v) is 3.66. The number of rotatable bonds is 2. The van der Waals surface area contributed by atoms with Gasteiger partial charge < -0.3 is 14.2 Å². The molecule has 5 heteroatoms. The van der Waals surface area contributed by atoms with Crippen molar-refractivity contribution >= 4 is 11.9 Å². The number of carbonyl (C=O) groups is 2. The highest BCUT2D eigenvalue weighted by molar-refractivity contribution is 5.74. The standard InChI is InChI=1S/C10H16O5.C2H2/c1-6-4-8(15-7(2)11)5-9(14-6)10(12)13-3;1-2/h6,8-9H,4-5H2,1-3H3;1-2H/t6-,8+,9-;/m0./s1. The van der Waals surface area contributed by atoms with Gasteiger partial charge in [-0.2, -0.15) is 0 Å². The van der Waals surface area contributed by atoms with E-state index in [1.807, 2.05) is 6.92 Å². The first kappa shape index (κ1) is 15.5. The van der Waals surface area contributed by atoms with Gasteiger partial charge in [0.15, 0.2) is 6.10 Å². The first-order valence-corrected chi connectivity index (χ1v) is 5.26. The van der Waals surface area contributed by atoms with E-state index in [9.17, 15) is 9.59 Å². The van der Waals surface area contributed by atoms with Crippen molar-refractivity contribution in [3.63, 3.8) is 0 Å². The predicted molar refractivity (Wildman–Crippen MR) is 61.0 cm³/mol. The minimum absolute atomic E-state index is 0.104. The molecule has 0 aliphatic carbocycles. The molecule has 0 bridgehead atoms. The average Bonchev–Trinajstić information content (AvgIpc) is 2.29. The van der Waals surface area contributed by atoms with Gasteiger partial charge in [0.2, 0.25) is 0 Å². The SMILES string of the molecule is C#C.COC(=O)[C@@H]1C[C@H](OC(C)=O)C[C@H](C)O1. The van der Waals surface area contributed by atoms with Crippen LogP contribution in [0.5, 0.6) is 0 Å². The van der Waals surface area contributed by atoms with Crippen molar-refractivity contribution in [3.8, 4) is 12.8 Å². The lowest BCUT2D eigenvalue weighted by molar-refractivity contribution is -0.176. The van der Waals surface area contributed by atoms with Gasteiger partial charge in [-0.3, -0.25) is 4.79 Å². The highest BCUT2D eigenvalue weighted by Gasteiger charge is 2.33. The molecule has 5 nitrogen and oxygen atoms in total. The summed E-state index contributed by atoms with van der Waals surface area (Å²) in [5.74, 6) is -0.753. The molecule has 0 amide bonds. The number of esters is 2. The maximum Gasteiger partial charge on any atom is 0.335 e. The first-order chi connectivity index (χ1) is 8.02. The summed E-state index contributed by atoms with van der Waals surface area (Å²) in [6.07, 6.45) is 8.01. The Kier molecular flexibility index (Phi) is 6.99. The third-order valence-corrected chi connectivity index (χ3v) is 2.27. The van der Waals surface area contributed by atoms with Crippen LogP contribution in [0.4, 0.5) is 0 Å². The number of terminal acetylenes is 1. The lowest BCUT2D eigenvalue weighted by Crippen LogP contribution is -2.41. The molecule has 96 valence electrons. The molecule has 1 aliphatic rings. The normalized spacial score (nSPS) is 27.2. The van der Waals surface area contributed by atoms with Crippen molar-refractivity contribution in [1.82, 2.24) is 0 Å². The molecule has 0 N–H and O–H groups in total. The van der Waals surface area contributed by atoms with E-state index in [-0.39, 0.29) is 18.2 Å². The molecule has 0 aromatic rings. The summed E-state index contributed by atoms with van der Waals surface area (Å²) in [6, 6.07) is 0. The molecule has 1 rings (SSSR count). The molecule has 0 saturated carbocycles. The zero-order chi connectivity index (χ0) is 13.4. The zero-order valence-corrected chi connectivity index (χ0v) is 10.3. The molecule has 0 spiro atoms. The Morgan fingerprint density at radius 1 is 1.29 bits per heavy atom. The Morgan fingerprint density at radius 3 is 2.35 bits per heavy atom. The molecule has 3 atom stereocenters. The predicted octanol–water partition coefficient (Wildman–Crippen LogP) is 0.908. The second-order valence-electron chi connectivity index (χ2n) is 3.66. The van der Waals surface area contributed by atoms with E-state index in [1.165, 1.54) is 14.0 Å². The van der Waals surface area contributed by atoms with E-state index in [1.54, 1.807) is 0 Å². The maximum atomic E-state index is 11.3. The number of hydrogen-bond donors (Lipinski definition) is 0. The highest BCUT2D eigenvalue weighted by Crippen LogP contribution is 2.22. The molecule has 17 heavy (non-hydrogen) atoms. The lowest BCUT2D eigenvalue weighted by atomic mass is 10.0. The van der Waals surface area contributed by atoms with Gasteiger partial charge in [0, 0.05) is 19.8 Å². The van der Waals surface area contributed by atoms with E-state index >= 15 is 0 Å². The van der Waals surface area contributed by atoms with Crippen LogP contribution in [0.15, 0.2) is 0 Å². The van der Waals surface area contributed by atoms with Crippen LogP contribution < -0.4 is 0 Å². The summed E-state index contributed by atoms with van der Waals surface area (Å²) in [5, 5.41) is 0. The van der Waals surface area contributed by atoms with Crippen molar-refractivity contribution < 1.29 is 23.8 Å². The third-order valence-electron chi connectivity index (χ3n) is 2.27. The number of ether oxygens (including phenoxy) is 3. The Balaban J connectivity index is 0.00000121. The van der Waals surface area contributed by atoms with Crippen molar-refractivity contribution in [2.45, 2.75) is 45.0 Å². The molecular weight excluding hydrogens is 224 g/mol. The summed E-state index contributed by atoms with van der Waals surface area (Å²) >= 11 is 0. The quantitative estimate of drug-likeness (QED) is 0.532. The van der Waals surface area contributed by atoms with E-state index < -0.39 is 12.1 Å². The summed E-state index contributed by atoms with van der Waals surface area (Å²) in [6.45, 7) is 3.19. The molecule has 1 heterocycles. The number of carbonyl (C=O) groups excluding carboxylic acids is 2. The molecule has 1 saturated heterocycles. The fourth-order valence-electron chi connectivity index (χ4n) is 1.71. The fourth-order valence-corrected chi connectivity index (χ4v) is 1.71. The fraction of sp³-hybridized carbons (Fsp3) is 0.667. The lowest BCUT2D eigenvalue weighted by Gasteiger charge is -2.31. The summed E-state index contributed by atoms with van der Waals surface area (Å²) < 4.78 is 15.0. The monoisotopic (exact) mass is 242 g/mol. The van der Waals surface area contributed by atoms with Crippen LogP contribution >= 0.6 is 0 Å². The van der Waals surface area contributed by atoms with Gasteiger partial charge >= 0.3 is 11.9 Å². The molecule has 1 aliphatic heterocycles. The van der Waals surface area contributed by atoms with Gasteiger partial charge in [-0.25, -0.2) is 4.79 Å². The van der Waals surface area contributed by atoms with Crippen LogP contribution in [0.1, 0.15) is 26.7 Å². The minimum atomic E-state index is -0.622. The second kappa shape index (κ2) is 7.69. The van der Waals surface area contributed by atoms with Crippen LogP contribution in [-0.4, -0.2) is 37.4 Å². The summed E-state index contributed by atoms with van der Waals surface area (Å²) in [7, 11) is 1.31. The molecule has 1 fully saturated rings. The first-order valence-electron chi connectivity index (χ1n) is 5.26. The zero-order valence-electron chi connectivity index (χ0n) is 10.3. The van der Waals surface area contributed by atoms with Crippen molar-refractivity contribution in [3.05, 3.63) is 0 Å². The number of methoxy groups -OCH3 is 1. The van der Waals surface area contributed by atoms with Crippen LogP contribution in [-0.2, 0) is 23.8 Å². The largest absolute Gasteiger partial charge is 0.467 e. The third kappa shape index (κ3) is 5.36. The Hall–Kier alpha value is -1.54. The summed E-state index contributed by atoms with van der Waals surface area (Å²) in [4.78, 5) is 22.0. The average molecular weight is 242 g/mol. The van der Waals surface area contributed by atoms with Gasteiger partial charge in [0.1, 0.15) is 6.10 Å². The highest BCUT2D eigenvalue weighted by atomic mass is 16.6. The van der Waals surface area contributed by atoms with Crippen molar-refractivity contribution in [2.75, 3.05) is 7.11 Å². The smallest absolute Gasteiger partial charge is 0.335 e. The van der Waals surface area contributed by atoms with Crippen LogP contribution in [0.3, 0.4) is 0 Å². The van der Waals surface area contributed by atoms with Gasteiger partial charge in [0.25, 0.3) is 0 Å². The van der Waals surface area contributed by atoms with Crippen LogP contribution in [0.2, 0.25) is 0 Å². The van der Waals surface area contributed by atoms with Crippen molar-refractivity contribution in [1.29, 1.82) is 0 Å². The van der Waals surface area contributed by atoms with Gasteiger partial charge in [-0.05, 0) is 6.92 Å². The molecule has 0 unspecified atom stereocenters. The van der Waals surface area contributed by atoms with Crippen molar-refractivity contribution in [2.24, 2.45) is 0 Å². The summed E-state index contributed by atoms with van der Waals surface area (Å²) in [5.41, 5.74) is 0. The van der Waals surface area contributed by atoms with Crippen LogP contribution in [0, 0.1) is 12.8 Å². The van der Waals surface area contributed by atoms with Gasteiger partial charge in [-0.15, -0.1) is 12.8 Å². The van der Waals surface area contributed by atoms with Gasteiger partial charge in [-0.1, -0.05) is 0 Å². The van der Waals surface area contributed by atoms with Crippen LogP contribution in [0.25, 0.3) is 0 Å². The topological polar surface area (TPSA) is 61.8 Å². The Morgan fingerprint density at radius 2 is 1.88 bits per heavy atom. The van der Waals surface area contributed by atoms with E-state index in [0.717, 1.165) is 0 Å². The Bertz CT molecular complexity index is 284. The van der Waals surface area contributed by atoms with E-state index in [4.69, 9.17) is 9.47 Å². The molecular formula is C12H18O5. The minimum Gasteiger partial charge on any atom is -0.467 e. The molecule has 0 radical (unpaired) electrons. The van der Waals surface area contributed by atoms with Gasteiger partial charge in [0.05, 0.1) is 13.2 Å². The number of hydrogen-bond acceptors (Lipinski definition) is 5. The maximum absolute atomic E-state index is 11.3.